The summed E-state index contributed by atoms with van der Waals surface area (Å²) in [6.45, 7) is 2.91. The van der Waals surface area contributed by atoms with Crippen LogP contribution in [0.4, 0.5) is 0 Å². The van der Waals surface area contributed by atoms with Crippen LogP contribution in [0, 0.1) is 11.3 Å². The molecule has 2 N–H and O–H groups in total. The van der Waals surface area contributed by atoms with Crippen molar-refractivity contribution in [2.24, 2.45) is 11.3 Å². The number of rotatable bonds is 4. The highest BCUT2D eigenvalue weighted by atomic mass is 16.5. The van der Waals surface area contributed by atoms with E-state index in [4.69, 9.17) is 4.74 Å². The number of benzene rings is 1. The van der Waals surface area contributed by atoms with Crippen molar-refractivity contribution in [3.63, 3.8) is 0 Å². The molecule has 4 nitrogen and oxygen atoms in total. The molecule has 4 heteroatoms. The summed E-state index contributed by atoms with van der Waals surface area (Å²) in [6, 6.07) is 10.3. The molecule has 0 radical (unpaired) electrons. The highest BCUT2D eigenvalue weighted by Crippen LogP contribution is 2.58. The lowest BCUT2D eigenvalue weighted by Crippen LogP contribution is -2.39. The standard InChI is InChI=1S/C19H26N2O2/c22-18(15-13-19(15)8-10-20-11-9-19)21-17(16-7-4-12-23-16)14-5-2-1-3-6-14/h1-3,5-6,15-17,20H,4,7-13H2,(H,21,22). The Morgan fingerprint density at radius 3 is 2.74 bits per heavy atom. The van der Waals surface area contributed by atoms with Gasteiger partial charge < -0.3 is 15.4 Å². The summed E-state index contributed by atoms with van der Waals surface area (Å²) in [7, 11) is 0. The van der Waals surface area contributed by atoms with Gasteiger partial charge in [0, 0.05) is 12.5 Å². The molecule has 3 unspecified atom stereocenters. The summed E-state index contributed by atoms with van der Waals surface area (Å²) in [5.41, 5.74) is 1.44. The maximum atomic E-state index is 12.8. The summed E-state index contributed by atoms with van der Waals surface area (Å²) < 4.78 is 5.88. The van der Waals surface area contributed by atoms with Crippen molar-refractivity contribution in [2.75, 3.05) is 19.7 Å². The van der Waals surface area contributed by atoms with E-state index in [0.29, 0.717) is 0 Å². The first-order chi connectivity index (χ1) is 11.3. The number of hydrogen-bond donors (Lipinski definition) is 2. The Balaban J connectivity index is 1.46. The van der Waals surface area contributed by atoms with Crippen molar-refractivity contribution in [2.45, 2.75) is 44.2 Å². The molecule has 2 saturated heterocycles. The molecule has 1 aromatic carbocycles. The van der Waals surface area contributed by atoms with Crippen LogP contribution in [-0.4, -0.2) is 31.7 Å². The monoisotopic (exact) mass is 314 g/mol. The first kappa shape index (κ1) is 15.2. The predicted molar refractivity (Wildman–Crippen MR) is 88.9 cm³/mol. The number of carbonyl (C=O) groups is 1. The number of carbonyl (C=O) groups excluding carboxylic acids is 1. The van der Waals surface area contributed by atoms with Gasteiger partial charge in [-0.25, -0.2) is 0 Å². The zero-order valence-electron chi connectivity index (χ0n) is 13.6. The Kier molecular flexibility index (Phi) is 4.12. The Labute approximate surface area is 138 Å². The Morgan fingerprint density at radius 1 is 1.26 bits per heavy atom. The Hall–Kier alpha value is -1.39. The minimum absolute atomic E-state index is 0.00874. The topological polar surface area (TPSA) is 50.4 Å². The molecule has 1 saturated carbocycles. The summed E-state index contributed by atoms with van der Waals surface area (Å²) in [5, 5.41) is 6.72. The molecule has 2 aliphatic heterocycles. The van der Waals surface area contributed by atoms with E-state index in [2.05, 4.69) is 22.8 Å². The molecule has 0 bridgehead atoms. The van der Waals surface area contributed by atoms with E-state index in [-0.39, 0.29) is 29.4 Å². The Bertz CT molecular complexity index is 548. The van der Waals surface area contributed by atoms with Crippen molar-refractivity contribution in [1.29, 1.82) is 0 Å². The number of piperidine rings is 1. The van der Waals surface area contributed by atoms with E-state index in [0.717, 1.165) is 57.4 Å². The van der Waals surface area contributed by atoms with Gasteiger partial charge in [-0.2, -0.15) is 0 Å². The van der Waals surface area contributed by atoms with Crippen LogP contribution in [0.2, 0.25) is 0 Å². The van der Waals surface area contributed by atoms with Crippen molar-refractivity contribution < 1.29 is 9.53 Å². The second kappa shape index (κ2) is 6.25. The van der Waals surface area contributed by atoms with Crippen LogP contribution in [0.5, 0.6) is 0 Å². The molecule has 3 aliphatic rings. The molecule has 4 rings (SSSR count). The van der Waals surface area contributed by atoms with Crippen LogP contribution in [0.15, 0.2) is 30.3 Å². The van der Waals surface area contributed by atoms with E-state index in [1.807, 2.05) is 18.2 Å². The van der Waals surface area contributed by atoms with E-state index in [1.165, 1.54) is 0 Å². The molecule has 1 spiro atoms. The average molecular weight is 314 g/mol. The van der Waals surface area contributed by atoms with Gasteiger partial charge >= 0.3 is 0 Å². The highest BCUT2D eigenvalue weighted by molar-refractivity contribution is 5.83. The minimum Gasteiger partial charge on any atom is -0.376 e. The molecule has 1 aliphatic carbocycles. The fraction of sp³-hybridized carbons (Fsp3) is 0.632. The fourth-order valence-corrected chi connectivity index (χ4v) is 4.37. The second-order valence-corrected chi connectivity index (χ2v) is 7.32. The molecule has 124 valence electrons. The molecule has 23 heavy (non-hydrogen) atoms. The normalized spacial score (nSPS) is 30.1. The highest BCUT2D eigenvalue weighted by Gasteiger charge is 2.57. The van der Waals surface area contributed by atoms with E-state index in [9.17, 15) is 4.79 Å². The molecule has 1 amide bonds. The molecular formula is C19H26N2O2. The van der Waals surface area contributed by atoms with Gasteiger partial charge in [-0.3, -0.25) is 4.79 Å². The van der Waals surface area contributed by atoms with Crippen LogP contribution in [-0.2, 0) is 9.53 Å². The van der Waals surface area contributed by atoms with Gasteiger partial charge in [-0.05, 0) is 56.2 Å². The van der Waals surface area contributed by atoms with Crippen LogP contribution in [0.1, 0.15) is 43.7 Å². The number of ether oxygens (including phenoxy) is 1. The van der Waals surface area contributed by atoms with Crippen molar-refractivity contribution in [3.05, 3.63) is 35.9 Å². The summed E-state index contributed by atoms with van der Waals surface area (Å²) in [6.07, 6.45) is 5.57. The van der Waals surface area contributed by atoms with Crippen LogP contribution in [0.3, 0.4) is 0 Å². The zero-order valence-corrected chi connectivity index (χ0v) is 13.6. The number of hydrogen-bond acceptors (Lipinski definition) is 3. The van der Waals surface area contributed by atoms with Crippen molar-refractivity contribution in [1.82, 2.24) is 10.6 Å². The molecule has 3 fully saturated rings. The van der Waals surface area contributed by atoms with Crippen molar-refractivity contribution in [3.8, 4) is 0 Å². The molecule has 1 aromatic rings. The maximum absolute atomic E-state index is 12.8. The average Bonchev–Trinajstić information content (AvgIpc) is 3.04. The predicted octanol–water partition coefficient (Wildman–Crippen LogP) is 2.41. The molecule has 2 heterocycles. The third kappa shape index (κ3) is 3.02. The van der Waals surface area contributed by atoms with Gasteiger partial charge in [-0.15, -0.1) is 0 Å². The van der Waals surface area contributed by atoms with Gasteiger partial charge in [0.2, 0.25) is 5.91 Å². The lowest BCUT2D eigenvalue weighted by atomic mass is 9.91. The smallest absolute Gasteiger partial charge is 0.224 e. The van der Waals surface area contributed by atoms with Gasteiger partial charge in [0.15, 0.2) is 0 Å². The lowest BCUT2D eigenvalue weighted by molar-refractivity contribution is -0.125. The Morgan fingerprint density at radius 2 is 2.04 bits per heavy atom. The van der Waals surface area contributed by atoms with Gasteiger partial charge in [0.25, 0.3) is 0 Å². The van der Waals surface area contributed by atoms with Gasteiger partial charge in [-0.1, -0.05) is 30.3 Å². The van der Waals surface area contributed by atoms with E-state index in [1.54, 1.807) is 0 Å². The molecular weight excluding hydrogens is 288 g/mol. The molecule has 3 atom stereocenters. The minimum atomic E-state index is -0.00874. The van der Waals surface area contributed by atoms with Gasteiger partial charge in [0.05, 0.1) is 12.1 Å². The quantitative estimate of drug-likeness (QED) is 0.897. The SMILES string of the molecule is O=C(NC(c1ccccc1)C1CCCO1)C1CC12CCNCC2. The van der Waals surface area contributed by atoms with E-state index < -0.39 is 0 Å². The van der Waals surface area contributed by atoms with Crippen molar-refractivity contribution >= 4 is 5.91 Å². The van der Waals surface area contributed by atoms with Gasteiger partial charge in [0.1, 0.15) is 0 Å². The lowest BCUT2D eigenvalue weighted by Gasteiger charge is -2.27. The first-order valence-corrected chi connectivity index (χ1v) is 8.96. The summed E-state index contributed by atoms with van der Waals surface area (Å²) in [4.78, 5) is 12.8. The van der Waals surface area contributed by atoms with E-state index >= 15 is 0 Å². The third-order valence-electron chi connectivity index (χ3n) is 5.90. The summed E-state index contributed by atoms with van der Waals surface area (Å²) >= 11 is 0. The number of nitrogens with one attached hydrogen (secondary N) is 2. The zero-order chi connectivity index (χ0) is 15.7. The fourth-order valence-electron chi connectivity index (χ4n) is 4.37. The van der Waals surface area contributed by atoms with Crippen LogP contribution >= 0.6 is 0 Å². The summed E-state index contributed by atoms with van der Waals surface area (Å²) in [5.74, 6) is 0.438. The first-order valence-electron chi connectivity index (χ1n) is 8.96. The van der Waals surface area contributed by atoms with Crippen LogP contribution < -0.4 is 10.6 Å². The van der Waals surface area contributed by atoms with Crippen LogP contribution in [0.25, 0.3) is 0 Å². The maximum Gasteiger partial charge on any atom is 0.224 e. The second-order valence-electron chi connectivity index (χ2n) is 7.32. The largest absolute Gasteiger partial charge is 0.376 e. The molecule has 0 aromatic heterocycles. The number of amides is 1. The third-order valence-corrected chi connectivity index (χ3v) is 5.90.